The molecule has 0 radical (unpaired) electrons. The van der Waals surface area contributed by atoms with Gasteiger partial charge < -0.3 is 4.42 Å². The first-order valence-corrected chi connectivity index (χ1v) is 4.36. The minimum absolute atomic E-state index is 0.142. The van der Waals surface area contributed by atoms with E-state index in [-0.39, 0.29) is 10.8 Å². The van der Waals surface area contributed by atoms with Gasteiger partial charge in [-0.1, -0.05) is 27.7 Å². The number of hydrogen-bond donors (Lipinski definition) is 0. The fraction of sp³-hybridized carbons (Fsp3) is 0.700. The van der Waals surface area contributed by atoms with E-state index in [9.17, 15) is 0 Å². The van der Waals surface area contributed by atoms with Crippen LogP contribution in [0.5, 0.6) is 0 Å². The lowest BCUT2D eigenvalue weighted by molar-refractivity contribution is 0.185. The lowest BCUT2D eigenvalue weighted by atomic mass is 9.55. The van der Waals surface area contributed by atoms with Gasteiger partial charge in [0.15, 0.2) is 5.89 Å². The van der Waals surface area contributed by atoms with E-state index < -0.39 is 0 Å². The zero-order valence-corrected chi connectivity index (χ0v) is 8.36. The number of aromatic nitrogens is 1. The van der Waals surface area contributed by atoms with Crippen molar-refractivity contribution in [2.24, 2.45) is 0 Å². The van der Waals surface area contributed by atoms with Crippen LogP contribution < -0.4 is 0 Å². The average Bonchev–Trinajstić information content (AvgIpc) is 2.30. The summed E-state index contributed by atoms with van der Waals surface area (Å²) in [7, 11) is 0. The quantitative estimate of drug-likeness (QED) is 0.590. The van der Waals surface area contributed by atoms with Crippen molar-refractivity contribution in [2.75, 3.05) is 0 Å². The van der Waals surface area contributed by atoms with Crippen LogP contribution in [-0.2, 0) is 10.8 Å². The molecule has 0 amide bonds. The smallest absolute Gasteiger partial charge is 0.191 e. The highest BCUT2D eigenvalue weighted by atomic mass is 16.4. The van der Waals surface area contributed by atoms with Gasteiger partial charge in [0.05, 0.1) is 5.69 Å². The maximum atomic E-state index is 5.54. The van der Waals surface area contributed by atoms with Crippen molar-refractivity contribution < 1.29 is 4.42 Å². The Bertz CT molecular complexity index is 302. The standard InChI is InChI=1S/C10H15NO/c1-6-11-7-8(12-6)10(4,5)9(7,2)3/h1-5H3. The maximum absolute atomic E-state index is 5.54. The third kappa shape index (κ3) is 0.598. The van der Waals surface area contributed by atoms with Gasteiger partial charge in [-0.3, -0.25) is 0 Å². The van der Waals surface area contributed by atoms with Crippen molar-refractivity contribution in [1.29, 1.82) is 0 Å². The van der Waals surface area contributed by atoms with Gasteiger partial charge in [-0.15, -0.1) is 0 Å². The Hall–Kier alpha value is -0.790. The third-order valence-electron chi connectivity index (χ3n) is 3.46. The summed E-state index contributed by atoms with van der Waals surface area (Å²) in [6.07, 6.45) is 0. The van der Waals surface area contributed by atoms with Gasteiger partial charge in [0, 0.05) is 17.8 Å². The molecule has 66 valence electrons. The molecule has 0 saturated carbocycles. The molecule has 2 rings (SSSR count). The van der Waals surface area contributed by atoms with Crippen molar-refractivity contribution in [3.05, 3.63) is 17.3 Å². The van der Waals surface area contributed by atoms with E-state index in [2.05, 4.69) is 32.7 Å². The number of aryl methyl sites for hydroxylation is 1. The number of nitrogens with zero attached hydrogens (tertiary/aromatic N) is 1. The number of hydrogen-bond acceptors (Lipinski definition) is 2. The molecule has 0 spiro atoms. The van der Waals surface area contributed by atoms with Gasteiger partial charge in [-0.25, -0.2) is 4.98 Å². The Labute approximate surface area is 73.0 Å². The summed E-state index contributed by atoms with van der Waals surface area (Å²) in [6.45, 7) is 10.8. The Morgan fingerprint density at radius 3 is 2.17 bits per heavy atom. The van der Waals surface area contributed by atoms with Crippen molar-refractivity contribution in [1.82, 2.24) is 4.98 Å². The summed E-state index contributed by atoms with van der Waals surface area (Å²) in [4.78, 5) is 4.38. The number of rotatable bonds is 0. The first-order valence-electron chi connectivity index (χ1n) is 4.36. The summed E-state index contributed by atoms with van der Waals surface area (Å²) < 4.78 is 5.54. The molecule has 1 aliphatic rings. The van der Waals surface area contributed by atoms with Gasteiger partial charge in [0.25, 0.3) is 0 Å². The van der Waals surface area contributed by atoms with Crippen LogP contribution in [0.4, 0.5) is 0 Å². The summed E-state index contributed by atoms with van der Waals surface area (Å²) in [6, 6.07) is 0. The molecular formula is C10H15NO. The average molecular weight is 165 g/mol. The molecule has 0 fully saturated rings. The van der Waals surface area contributed by atoms with E-state index in [1.54, 1.807) is 0 Å². The normalized spacial score (nSPS) is 23.1. The lowest BCUT2D eigenvalue weighted by Gasteiger charge is -2.48. The Balaban J connectivity index is 2.63. The number of oxazole rings is 1. The van der Waals surface area contributed by atoms with Crippen molar-refractivity contribution in [3.63, 3.8) is 0 Å². The van der Waals surface area contributed by atoms with E-state index >= 15 is 0 Å². The zero-order chi connectivity index (χ0) is 9.15. The maximum Gasteiger partial charge on any atom is 0.191 e. The van der Waals surface area contributed by atoms with Gasteiger partial charge in [-0.05, 0) is 0 Å². The van der Waals surface area contributed by atoms with Gasteiger partial charge in [-0.2, -0.15) is 0 Å². The molecule has 0 aromatic carbocycles. The second-order valence-corrected chi connectivity index (χ2v) is 4.66. The molecule has 2 heteroatoms. The lowest BCUT2D eigenvalue weighted by Crippen LogP contribution is -2.50. The van der Waals surface area contributed by atoms with Gasteiger partial charge in [0.1, 0.15) is 5.76 Å². The largest absolute Gasteiger partial charge is 0.445 e. The molecule has 1 aliphatic carbocycles. The molecule has 0 atom stereocenters. The van der Waals surface area contributed by atoms with Crippen LogP contribution >= 0.6 is 0 Å². The predicted octanol–water partition coefficient (Wildman–Crippen LogP) is 2.55. The van der Waals surface area contributed by atoms with Crippen LogP contribution in [0.25, 0.3) is 0 Å². The Morgan fingerprint density at radius 2 is 1.67 bits per heavy atom. The second-order valence-electron chi connectivity index (χ2n) is 4.66. The van der Waals surface area contributed by atoms with Crippen molar-refractivity contribution in [2.45, 2.75) is 45.4 Å². The fourth-order valence-electron chi connectivity index (χ4n) is 1.79. The van der Waals surface area contributed by atoms with E-state index in [4.69, 9.17) is 4.42 Å². The molecule has 0 N–H and O–H groups in total. The molecule has 2 nitrogen and oxygen atoms in total. The minimum Gasteiger partial charge on any atom is -0.445 e. The van der Waals surface area contributed by atoms with E-state index in [0.717, 1.165) is 17.3 Å². The Kier molecular flexibility index (Phi) is 1.15. The summed E-state index contributed by atoms with van der Waals surface area (Å²) in [5.74, 6) is 1.86. The summed E-state index contributed by atoms with van der Waals surface area (Å²) >= 11 is 0. The topological polar surface area (TPSA) is 26.0 Å². The first-order chi connectivity index (χ1) is 5.37. The van der Waals surface area contributed by atoms with E-state index in [0.29, 0.717) is 0 Å². The highest BCUT2D eigenvalue weighted by molar-refractivity contribution is 5.43. The molecule has 1 aromatic rings. The molecule has 1 aromatic heterocycles. The minimum atomic E-state index is 0.142. The SMILES string of the molecule is Cc1nc2c(o1)C(C)(C)C2(C)C. The molecule has 0 bridgehead atoms. The Morgan fingerprint density at radius 1 is 1.08 bits per heavy atom. The fourth-order valence-corrected chi connectivity index (χ4v) is 1.79. The predicted molar refractivity (Wildman–Crippen MR) is 47.3 cm³/mol. The van der Waals surface area contributed by atoms with Crippen molar-refractivity contribution >= 4 is 0 Å². The highest BCUT2D eigenvalue weighted by Gasteiger charge is 2.56. The molecular weight excluding hydrogens is 150 g/mol. The second kappa shape index (κ2) is 1.76. The summed E-state index contributed by atoms with van der Waals surface area (Å²) in [5, 5.41) is 0. The van der Waals surface area contributed by atoms with E-state index in [1.165, 1.54) is 0 Å². The summed E-state index contributed by atoms with van der Waals surface area (Å²) in [5.41, 5.74) is 1.45. The molecule has 12 heavy (non-hydrogen) atoms. The zero-order valence-electron chi connectivity index (χ0n) is 8.36. The monoisotopic (exact) mass is 165 g/mol. The first kappa shape index (κ1) is 7.84. The molecule has 0 saturated heterocycles. The van der Waals surface area contributed by atoms with Crippen LogP contribution in [0.15, 0.2) is 4.42 Å². The van der Waals surface area contributed by atoms with Crippen LogP contribution in [0, 0.1) is 6.92 Å². The van der Waals surface area contributed by atoms with Crippen LogP contribution in [-0.4, -0.2) is 4.98 Å². The van der Waals surface area contributed by atoms with Crippen LogP contribution in [0.2, 0.25) is 0 Å². The van der Waals surface area contributed by atoms with Crippen LogP contribution in [0.3, 0.4) is 0 Å². The van der Waals surface area contributed by atoms with Gasteiger partial charge in [0.2, 0.25) is 0 Å². The number of fused-ring (bicyclic) bond motifs is 1. The van der Waals surface area contributed by atoms with Crippen molar-refractivity contribution in [3.8, 4) is 0 Å². The highest BCUT2D eigenvalue weighted by Crippen LogP contribution is 2.55. The molecule has 0 unspecified atom stereocenters. The molecule has 0 aliphatic heterocycles. The molecule has 1 heterocycles. The van der Waals surface area contributed by atoms with E-state index in [1.807, 2.05) is 6.92 Å². The van der Waals surface area contributed by atoms with Crippen LogP contribution in [0.1, 0.15) is 45.0 Å². The van der Waals surface area contributed by atoms with Gasteiger partial charge >= 0.3 is 0 Å². The third-order valence-corrected chi connectivity index (χ3v) is 3.46.